The SMILES string of the molecule is Cc1ccc(NC(=S)NNC(=O)c2c(C)nc3ccccn23)cc1C. The summed E-state index contributed by atoms with van der Waals surface area (Å²) in [6, 6.07) is 11.5. The summed E-state index contributed by atoms with van der Waals surface area (Å²) in [5.41, 5.74) is 10.4. The van der Waals surface area contributed by atoms with E-state index in [1.54, 1.807) is 17.5 Å². The third-order valence-corrected chi connectivity index (χ3v) is 4.18. The van der Waals surface area contributed by atoms with Gasteiger partial charge in [-0.2, -0.15) is 0 Å². The van der Waals surface area contributed by atoms with E-state index in [0.29, 0.717) is 16.5 Å². The van der Waals surface area contributed by atoms with Crippen LogP contribution in [0.25, 0.3) is 5.65 Å². The molecule has 1 amide bonds. The number of nitrogens with one attached hydrogen (secondary N) is 3. The maximum Gasteiger partial charge on any atom is 0.288 e. The Balaban J connectivity index is 1.66. The number of aryl methyl sites for hydroxylation is 3. The van der Waals surface area contributed by atoms with E-state index in [-0.39, 0.29) is 5.91 Å². The number of carbonyl (C=O) groups is 1. The summed E-state index contributed by atoms with van der Waals surface area (Å²) in [6.07, 6.45) is 1.80. The fraction of sp³-hybridized carbons (Fsp3) is 0.167. The highest BCUT2D eigenvalue weighted by Gasteiger charge is 2.16. The summed E-state index contributed by atoms with van der Waals surface area (Å²) in [6.45, 7) is 5.88. The van der Waals surface area contributed by atoms with E-state index in [2.05, 4.69) is 21.2 Å². The average Bonchev–Trinajstić information content (AvgIpc) is 2.92. The summed E-state index contributed by atoms with van der Waals surface area (Å²) in [5.74, 6) is -0.305. The molecule has 3 aromatic rings. The average molecular weight is 353 g/mol. The number of hydrogen-bond acceptors (Lipinski definition) is 3. The summed E-state index contributed by atoms with van der Waals surface area (Å²) in [5, 5.41) is 3.35. The Hall–Kier alpha value is -2.93. The Morgan fingerprint density at radius 3 is 2.64 bits per heavy atom. The van der Waals surface area contributed by atoms with Crippen molar-refractivity contribution in [2.75, 3.05) is 5.32 Å². The maximum absolute atomic E-state index is 12.5. The molecule has 0 fully saturated rings. The normalized spacial score (nSPS) is 10.5. The molecule has 7 heteroatoms. The lowest BCUT2D eigenvalue weighted by Gasteiger charge is -2.12. The van der Waals surface area contributed by atoms with E-state index in [1.807, 2.05) is 50.2 Å². The first-order valence-corrected chi connectivity index (χ1v) is 8.25. The molecule has 1 aromatic carbocycles. The second-order valence-electron chi connectivity index (χ2n) is 5.81. The number of benzene rings is 1. The van der Waals surface area contributed by atoms with Gasteiger partial charge in [0.2, 0.25) is 0 Å². The highest BCUT2D eigenvalue weighted by molar-refractivity contribution is 7.80. The first kappa shape index (κ1) is 16.9. The van der Waals surface area contributed by atoms with Gasteiger partial charge < -0.3 is 5.32 Å². The maximum atomic E-state index is 12.5. The molecule has 25 heavy (non-hydrogen) atoms. The molecule has 0 saturated carbocycles. The molecular weight excluding hydrogens is 334 g/mol. The number of hydrogen-bond donors (Lipinski definition) is 3. The van der Waals surface area contributed by atoms with E-state index in [4.69, 9.17) is 12.2 Å². The van der Waals surface area contributed by atoms with Crippen molar-refractivity contribution in [3.8, 4) is 0 Å². The number of imidazole rings is 1. The number of amides is 1. The minimum absolute atomic E-state index is 0.305. The van der Waals surface area contributed by atoms with Gasteiger partial charge in [0, 0.05) is 11.9 Å². The standard InChI is InChI=1S/C18H19N5OS/c1-11-7-8-14(10-12(11)2)20-18(25)22-21-17(24)16-13(3)19-15-6-4-5-9-23(15)16/h4-10H,1-3H3,(H,21,24)(H2,20,22,25). The largest absolute Gasteiger partial charge is 0.331 e. The molecule has 0 aliphatic carbocycles. The van der Waals surface area contributed by atoms with E-state index in [0.717, 1.165) is 16.9 Å². The molecule has 0 atom stereocenters. The van der Waals surface area contributed by atoms with Crippen molar-refractivity contribution in [2.45, 2.75) is 20.8 Å². The fourth-order valence-electron chi connectivity index (χ4n) is 2.54. The van der Waals surface area contributed by atoms with Crippen molar-refractivity contribution in [3.05, 3.63) is 65.1 Å². The number of thiocarbonyl (C=S) groups is 1. The molecular formula is C18H19N5OS. The second-order valence-corrected chi connectivity index (χ2v) is 6.22. The molecule has 0 spiro atoms. The second kappa shape index (κ2) is 6.90. The van der Waals surface area contributed by atoms with Crippen LogP contribution < -0.4 is 16.2 Å². The monoisotopic (exact) mass is 353 g/mol. The predicted molar refractivity (Wildman–Crippen MR) is 103 cm³/mol. The van der Waals surface area contributed by atoms with Gasteiger partial charge in [-0.25, -0.2) is 4.98 Å². The highest BCUT2D eigenvalue weighted by Crippen LogP contribution is 2.14. The third-order valence-electron chi connectivity index (χ3n) is 3.97. The summed E-state index contributed by atoms with van der Waals surface area (Å²) < 4.78 is 1.74. The van der Waals surface area contributed by atoms with Crippen LogP contribution in [0.2, 0.25) is 0 Å². The quantitative estimate of drug-likeness (QED) is 0.488. The molecule has 3 rings (SSSR count). The smallest absolute Gasteiger partial charge is 0.288 e. The zero-order valence-electron chi connectivity index (χ0n) is 14.3. The Bertz CT molecular complexity index is 963. The van der Waals surface area contributed by atoms with Gasteiger partial charge in [-0.05, 0) is 68.4 Å². The van der Waals surface area contributed by atoms with Gasteiger partial charge >= 0.3 is 0 Å². The molecule has 6 nitrogen and oxygen atoms in total. The minimum atomic E-state index is -0.305. The molecule has 0 radical (unpaired) electrons. The first-order chi connectivity index (χ1) is 12.0. The van der Waals surface area contributed by atoms with Crippen LogP contribution in [0.3, 0.4) is 0 Å². The molecule has 3 N–H and O–H groups in total. The fourth-order valence-corrected chi connectivity index (χ4v) is 2.71. The third kappa shape index (κ3) is 3.61. The van der Waals surface area contributed by atoms with Crippen LogP contribution in [0.1, 0.15) is 27.3 Å². The Morgan fingerprint density at radius 2 is 1.88 bits per heavy atom. The number of nitrogens with zero attached hydrogens (tertiary/aromatic N) is 2. The minimum Gasteiger partial charge on any atom is -0.331 e. The zero-order chi connectivity index (χ0) is 18.0. The lowest BCUT2D eigenvalue weighted by molar-refractivity contribution is 0.0937. The lowest BCUT2D eigenvalue weighted by Crippen LogP contribution is -2.44. The van der Waals surface area contributed by atoms with Gasteiger partial charge in [0.05, 0.1) is 5.69 Å². The van der Waals surface area contributed by atoms with Crippen LogP contribution in [0.5, 0.6) is 0 Å². The van der Waals surface area contributed by atoms with Crippen molar-refractivity contribution >= 4 is 34.6 Å². The predicted octanol–water partition coefficient (Wildman–Crippen LogP) is 2.89. The van der Waals surface area contributed by atoms with Crippen LogP contribution in [0.4, 0.5) is 5.69 Å². The van der Waals surface area contributed by atoms with E-state index >= 15 is 0 Å². The van der Waals surface area contributed by atoms with Gasteiger partial charge in [0.15, 0.2) is 5.11 Å². The van der Waals surface area contributed by atoms with Gasteiger partial charge in [0.1, 0.15) is 11.3 Å². The molecule has 0 bridgehead atoms. The number of pyridine rings is 1. The number of hydrazine groups is 1. The van der Waals surface area contributed by atoms with E-state index in [9.17, 15) is 4.79 Å². The topological polar surface area (TPSA) is 70.5 Å². The van der Waals surface area contributed by atoms with E-state index in [1.165, 1.54) is 5.56 Å². The van der Waals surface area contributed by atoms with Crippen molar-refractivity contribution in [2.24, 2.45) is 0 Å². The molecule has 0 unspecified atom stereocenters. The molecule has 0 aliphatic heterocycles. The molecule has 2 aromatic heterocycles. The first-order valence-electron chi connectivity index (χ1n) is 7.84. The van der Waals surface area contributed by atoms with Crippen molar-refractivity contribution in [1.29, 1.82) is 0 Å². The van der Waals surface area contributed by atoms with E-state index < -0.39 is 0 Å². The van der Waals surface area contributed by atoms with Crippen LogP contribution >= 0.6 is 12.2 Å². The number of aromatic nitrogens is 2. The lowest BCUT2D eigenvalue weighted by atomic mass is 10.1. The number of fused-ring (bicyclic) bond motifs is 1. The Labute approximate surface area is 151 Å². The molecule has 128 valence electrons. The zero-order valence-corrected chi connectivity index (χ0v) is 15.1. The van der Waals surface area contributed by atoms with Gasteiger partial charge in [-0.1, -0.05) is 12.1 Å². The highest BCUT2D eigenvalue weighted by atomic mass is 32.1. The van der Waals surface area contributed by atoms with Crippen LogP contribution in [0, 0.1) is 20.8 Å². The Kier molecular flexibility index (Phi) is 4.67. The summed E-state index contributed by atoms with van der Waals surface area (Å²) in [7, 11) is 0. The van der Waals surface area contributed by atoms with Crippen molar-refractivity contribution < 1.29 is 4.79 Å². The van der Waals surface area contributed by atoms with Gasteiger partial charge in [-0.3, -0.25) is 20.0 Å². The van der Waals surface area contributed by atoms with Crippen molar-refractivity contribution in [3.63, 3.8) is 0 Å². The number of anilines is 1. The van der Waals surface area contributed by atoms with Crippen molar-refractivity contribution in [1.82, 2.24) is 20.2 Å². The molecule has 2 heterocycles. The number of rotatable bonds is 2. The number of carbonyl (C=O) groups excluding carboxylic acids is 1. The molecule has 0 saturated heterocycles. The van der Waals surface area contributed by atoms with Crippen LogP contribution in [0.15, 0.2) is 42.6 Å². The Morgan fingerprint density at radius 1 is 1.08 bits per heavy atom. The molecule has 0 aliphatic rings. The van der Waals surface area contributed by atoms with Crippen LogP contribution in [-0.2, 0) is 0 Å². The van der Waals surface area contributed by atoms with Crippen LogP contribution in [-0.4, -0.2) is 20.4 Å². The summed E-state index contributed by atoms with van der Waals surface area (Å²) >= 11 is 5.23. The summed E-state index contributed by atoms with van der Waals surface area (Å²) in [4.78, 5) is 16.8. The van der Waals surface area contributed by atoms with Gasteiger partial charge in [0.25, 0.3) is 5.91 Å². The van der Waals surface area contributed by atoms with Gasteiger partial charge in [-0.15, -0.1) is 0 Å².